The summed E-state index contributed by atoms with van der Waals surface area (Å²) in [5.41, 5.74) is 5.98. The van der Waals surface area contributed by atoms with E-state index in [4.69, 9.17) is 0 Å². The fourth-order valence-corrected chi connectivity index (χ4v) is 3.22. The molecule has 2 rings (SSSR count). The van der Waals surface area contributed by atoms with Gasteiger partial charge in [0.05, 0.1) is 0 Å². The molecule has 0 aliphatic carbocycles. The van der Waals surface area contributed by atoms with Gasteiger partial charge >= 0.3 is 0 Å². The summed E-state index contributed by atoms with van der Waals surface area (Å²) >= 11 is 0. The fourth-order valence-electron chi connectivity index (χ4n) is 3.22. The predicted molar refractivity (Wildman–Crippen MR) is 102 cm³/mol. The highest BCUT2D eigenvalue weighted by Gasteiger charge is 2.03. The lowest BCUT2D eigenvalue weighted by atomic mass is 9.95. The molecular formula is C23H32. The summed E-state index contributed by atoms with van der Waals surface area (Å²) in [6.07, 6.45) is 11.4. The van der Waals surface area contributed by atoms with Crippen LogP contribution in [0.25, 0.3) is 0 Å². The van der Waals surface area contributed by atoms with Gasteiger partial charge in [-0.15, -0.1) is 0 Å². The maximum atomic E-state index is 2.46. The van der Waals surface area contributed by atoms with Crippen molar-refractivity contribution in [2.75, 3.05) is 0 Å². The van der Waals surface area contributed by atoms with Crippen LogP contribution in [-0.2, 0) is 19.3 Å². The lowest BCUT2D eigenvalue weighted by molar-refractivity contribution is 0.708. The van der Waals surface area contributed by atoms with E-state index in [2.05, 4.69) is 62.4 Å². The Morgan fingerprint density at radius 1 is 0.565 bits per heavy atom. The standard InChI is InChI=1S/C23H32/c1-3-5-8-14-21-17-22(15-9-6-4-2)19-23(18-21)16-20-12-10-7-11-13-20/h7,10-13,17-19H,3-6,8-9,14-16H2,1-2H3. The van der Waals surface area contributed by atoms with E-state index in [1.54, 1.807) is 11.1 Å². The largest absolute Gasteiger partial charge is 0.0654 e. The molecule has 0 heteroatoms. The Labute approximate surface area is 143 Å². The molecule has 0 radical (unpaired) electrons. The SMILES string of the molecule is CCCCCc1cc(CCCCC)cc(Cc2ccccc2)c1. The van der Waals surface area contributed by atoms with Crippen LogP contribution >= 0.6 is 0 Å². The Morgan fingerprint density at radius 2 is 1.09 bits per heavy atom. The van der Waals surface area contributed by atoms with E-state index < -0.39 is 0 Å². The molecule has 2 aromatic rings. The zero-order chi connectivity index (χ0) is 16.3. The second-order valence-corrected chi connectivity index (χ2v) is 6.73. The average Bonchev–Trinajstić information content (AvgIpc) is 2.56. The molecule has 2 aromatic carbocycles. The van der Waals surface area contributed by atoms with Crippen molar-refractivity contribution < 1.29 is 0 Å². The molecule has 0 unspecified atom stereocenters. The van der Waals surface area contributed by atoms with Gasteiger partial charge in [0, 0.05) is 0 Å². The summed E-state index contributed by atoms with van der Waals surface area (Å²) in [7, 11) is 0. The molecule has 0 atom stereocenters. The van der Waals surface area contributed by atoms with E-state index in [-0.39, 0.29) is 0 Å². The van der Waals surface area contributed by atoms with Crippen molar-refractivity contribution in [2.24, 2.45) is 0 Å². The number of unbranched alkanes of at least 4 members (excludes halogenated alkanes) is 4. The molecule has 0 aromatic heterocycles. The van der Waals surface area contributed by atoms with Gasteiger partial charge in [0.2, 0.25) is 0 Å². The highest BCUT2D eigenvalue weighted by Crippen LogP contribution is 2.18. The van der Waals surface area contributed by atoms with Crippen LogP contribution < -0.4 is 0 Å². The minimum absolute atomic E-state index is 1.06. The number of hydrogen-bond donors (Lipinski definition) is 0. The van der Waals surface area contributed by atoms with Crippen LogP contribution in [0, 0.1) is 0 Å². The van der Waals surface area contributed by atoms with Gasteiger partial charge in [0.15, 0.2) is 0 Å². The first-order valence-electron chi connectivity index (χ1n) is 9.47. The first kappa shape index (κ1) is 17.8. The van der Waals surface area contributed by atoms with E-state index in [9.17, 15) is 0 Å². The molecule has 0 saturated carbocycles. The van der Waals surface area contributed by atoms with E-state index in [1.165, 1.54) is 62.5 Å². The zero-order valence-corrected chi connectivity index (χ0v) is 15.0. The van der Waals surface area contributed by atoms with Gasteiger partial charge in [-0.05, 0) is 54.4 Å². The molecule has 0 bridgehead atoms. The smallest absolute Gasteiger partial charge is 0.00256 e. The number of hydrogen-bond acceptors (Lipinski definition) is 0. The van der Waals surface area contributed by atoms with Crippen LogP contribution in [0.2, 0.25) is 0 Å². The minimum atomic E-state index is 1.06. The summed E-state index contributed by atoms with van der Waals surface area (Å²) in [4.78, 5) is 0. The third-order valence-electron chi connectivity index (χ3n) is 4.50. The third-order valence-corrected chi connectivity index (χ3v) is 4.50. The Morgan fingerprint density at radius 3 is 1.61 bits per heavy atom. The Bertz CT molecular complexity index is 525. The summed E-state index contributed by atoms with van der Waals surface area (Å²) in [6, 6.07) is 18.2. The van der Waals surface area contributed by atoms with E-state index in [1.807, 2.05) is 0 Å². The second-order valence-electron chi connectivity index (χ2n) is 6.73. The fraction of sp³-hybridized carbons (Fsp3) is 0.478. The first-order chi connectivity index (χ1) is 11.3. The van der Waals surface area contributed by atoms with Gasteiger partial charge < -0.3 is 0 Å². The molecule has 0 amide bonds. The van der Waals surface area contributed by atoms with Crippen molar-refractivity contribution in [3.05, 3.63) is 70.8 Å². The highest BCUT2D eigenvalue weighted by molar-refractivity contribution is 5.34. The molecule has 0 aliphatic rings. The molecule has 0 aliphatic heterocycles. The van der Waals surface area contributed by atoms with Crippen molar-refractivity contribution in [1.82, 2.24) is 0 Å². The zero-order valence-electron chi connectivity index (χ0n) is 15.0. The molecule has 0 saturated heterocycles. The van der Waals surface area contributed by atoms with Gasteiger partial charge in [-0.1, -0.05) is 88.1 Å². The van der Waals surface area contributed by atoms with Gasteiger partial charge in [0.1, 0.15) is 0 Å². The van der Waals surface area contributed by atoms with Crippen molar-refractivity contribution in [1.29, 1.82) is 0 Å². The van der Waals surface area contributed by atoms with Crippen LogP contribution in [-0.4, -0.2) is 0 Å². The summed E-state index contributed by atoms with van der Waals surface area (Å²) in [5.74, 6) is 0. The van der Waals surface area contributed by atoms with E-state index >= 15 is 0 Å². The lowest BCUT2D eigenvalue weighted by Gasteiger charge is -2.10. The maximum Gasteiger partial charge on any atom is -0.00256 e. The second kappa shape index (κ2) is 10.3. The minimum Gasteiger partial charge on any atom is -0.0654 e. The molecule has 0 spiro atoms. The Kier molecular flexibility index (Phi) is 7.93. The van der Waals surface area contributed by atoms with Crippen LogP contribution in [0.5, 0.6) is 0 Å². The van der Waals surface area contributed by atoms with Crippen LogP contribution in [0.1, 0.15) is 74.6 Å². The van der Waals surface area contributed by atoms with Crippen LogP contribution in [0.3, 0.4) is 0 Å². The Hall–Kier alpha value is -1.56. The van der Waals surface area contributed by atoms with Crippen molar-refractivity contribution in [3.63, 3.8) is 0 Å². The van der Waals surface area contributed by atoms with Gasteiger partial charge in [-0.25, -0.2) is 0 Å². The van der Waals surface area contributed by atoms with E-state index in [0.29, 0.717) is 0 Å². The molecule has 124 valence electrons. The molecule has 0 N–H and O–H groups in total. The molecule has 0 heterocycles. The van der Waals surface area contributed by atoms with Crippen molar-refractivity contribution in [2.45, 2.75) is 71.6 Å². The Balaban J connectivity index is 2.10. The topological polar surface area (TPSA) is 0 Å². The van der Waals surface area contributed by atoms with Crippen molar-refractivity contribution >= 4 is 0 Å². The normalized spacial score (nSPS) is 10.9. The van der Waals surface area contributed by atoms with Crippen LogP contribution in [0.4, 0.5) is 0 Å². The first-order valence-corrected chi connectivity index (χ1v) is 9.47. The van der Waals surface area contributed by atoms with Crippen LogP contribution in [0.15, 0.2) is 48.5 Å². The molecule has 0 nitrogen and oxygen atoms in total. The average molecular weight is 309 g/mol. The number of rotatable bonds is 10. The highest BCUT2D eigenvalue weighted by atomic mass is 14.1. The third kappa shape index (κ3) is 6.60. The summed E-state index contributed by atoms with van der Waals surface area (Å²) < 4.78 is 0. The maximum absolute atomic E-state index is 2.46. The monoisotopic (exact) mass is 308 g/mol. The van der Waals surface area contributed by atoms with Crippen molar-refractivity contribution in [3.8, 4) is 0 Å². The number of aryl methyl sites for hydroxylation is 2. The van der Waals surface area contributed by atoms with Gasteiger partial charge in [0.25, 0.3) is 0 Å². The van der Waals surface area contributed by atoms with E-state index in [0.717, 1.165) is 6.42 Å². The molecule has 23 heavy (non-hydrogen) atoms. The lowest BCUT2D eigenvalue weighted by Crippen LogP contribution is -1.96. The summed E-state index contributed by atoms with van der Waals surface area (Å²) in [5, 5.41) is 0. The number of benzene rings is 2. The quantitative estimate of drug-likeness (QED) is 0.426. The molecule has 0 fully saturated rings. The molecular weight excluding hydrogens is 276 g/mol. The summed E-state index contributed by atoms with van der Waals surface area (Å²) in [6.45, 7) is 4.56. The predicted octanol–water partition coefficient (Wildman–Crippen LogP) is 6.74. The van der Waals surface area contributed by atoms with Gasteiger partial charge in [-0.3, -0.25) is 0 Å². The van der Waals surface area contributed by atoms with Gasteiger partial charge in [-0.2, -0.15) is 0 Å².